The van der Waals surface area contributed by atoms with Crippen LogP contribution in [0.1, 0.15) is 63.8 Å². The standard InChI is InChI=1S/C17H27N5O3S2/c23-16(11-26-17-18-19-20-22(17)14-7-3-4-8-14)21(13-5-1-2-6-13)15-9-10-27(24,25)12-15/h13-15H,1-12H2/t15-/m1/s1. The van der Waals surface area contributed by atoms with Gasteiger partial charge in [0.1, 0.15) is 0 Å². The molecule has 0 N–H and O–H groups in total. The summed E-state index contributed by atoms with van der Waals surface area (Å²) in [6.45, 7) is 0. The first-order valence-corrected chi connectivity index (χ1v) is 12.8. The van der Waals surface area contributed by atoms with Crippen LogP contribution in [0, 0.1) is 0 Å². The molecule has 2 aliphatic carbocycles. The maximum Gasteiger partial charge on any atom is 0.233 e. The van der Waals surface area contributed by atoms with Crippen LogP contribution in [0.15, 0.2) is 5.16 Å². The highest BCUT2D eigenvalue weighted by Gasteiger charge is 2.39. The van der Waals surface area contributed by atoms with Gasteiger partial charge in [0.2, 0.25) is 11.1 Å². The molecule has 0 aromatic carbocycles. The van der Waals surface area contributed by atoms with Gasteiger partial charge in [-0.2, -0.15) is 0 Å². The van der Waals surface area contributed by atoms with E-state index in [0.717, 1.165) is 38.5 Å². The summed E-state index contributed by atoms with van der Waals surface area (Å²) in [7, 11) is -3.02. The van der Waals surface area contributed by atoms with Crippen molar-refractivity contribution in [1.82, 2.24) is 25.1 Å². The molecule has 27 heavy (non-hydrogen) atoms. The van der Waals surface area contributed by atoms with Crippen LogP contribution in [0.4, 0.5) is 0 Å². The number of amides is 1. The summed E-state index contributed by atoms with van der Waals surface area (Å²) >= 11 is 1.38. The molecule has 1 aromatic rings. The minimum Gasteiger partial charge on any atom is -0.335 e. The molecule has 1 aliphatic heterocycles. The Hall–Kier alpha value is -1.16. The van der Waals surface area contributed by atoms with Crippen LogP contribution >= 0.6 is 11.8 Å². The lowest BCUT2D eigenvalue weighted by atomic mass is 10.1. The van der Waals surface area contributed by atoms with Gasteiger partial charge in [0.05, 0.1) is 23.3 Å². The van der Waals surface area contributed by atoms with Crippen molar-refractivity contribution in [2.24, 2.45) is 0 Å². The van der Waals surface area contributed by atoms with Gasteiger partial charge in [-0.3, -0.25) is 4.79 Å². The molecular formula is C17H27N5O3S2. The van der Waals surface area contributed by atoms with Gasteiger partial charge in [-0.25, -0.2) is 13.1 Å². The Morgan fingerprint density at radius 2 is 1.78 bits per heavy atom. The number of aromatic nitrogens is 4. The molecule has 3 aliphatic rings. The zero-order valence-electron chi connectivity index (χ0n) is 15.5. The Kier molecular flexibility index (Phi) is 5.73. The number of hydrogen-bond donors (Lipinski definition) is 0. The van der Waals surface area contributed by atoms with Crippen LogP contribution in [0.5, 0.6) is 0 Å². The first kappa shape index (κ1) is 19.2. The molecule has 0 spiro atoms. The predicted molar refractivity (Wildman–Crippen MR) is 102 cm³/mol. The van der Waals surface area contributed by atoms with E-state index in [1.165, 1.54) is 24.6 Å². The minimum atomic E-state index is -3.02. The molecule has 0 bridgehead atoms. The molecule has 8 nitrogen and oxygen atoms in total. The smallest absolute Gasteiger partial charge is 0.233 e. The van der Waals surface area contributed by atoms with Crippen molar-refractivity contribution in [3.63, 3.8) is 0 Å². The Morgan fingerprint density at radius 3 is 2.44 bits per heavy atom. The van der Waals surface area contributed by atoms with Gasteiger partial charge in [0.25, 0.3) is 0 Å². The topological polar surface area (TPSA) is 98.1 Å². The monoisotopic (exact) mass is 413 g/mol. The van der Waals surface area contributed by atoms with Crippen molar-refractivity contribution in [2.75, 3.05) is 17.3 Å². The van der Waals surface area contributed by atoms with Gasteiger partial charge in [-0.05, 0) is 42.5 Å². The van der Waals surface area contributed by atoms with E-state index in [1.807, 2.05) is 9.58 Å². The van der Waals surface area contributed by atoms with Crippen molar-refractivity contribution in [2.45, 2.75) is 81.1 Å². The summed E-state index contributed by atoms with van der Waals surface area (Å²) < 4.78 is 25.8. The quantitative estimate of drug-likeness (QED) is 0.656. The van der Waals surface area contributed by atoms with E-state index >= 15 is 0 Å². The van der Waals surface area contributed by atoms with Crippen LogP contribution in [-0.4, -0.2) is 68.8 Å². The van der Waals surface area contributed by atoms with Crippen molar-refractivity contribution < 1.29 is 13.2 Å². The molecule has 0 unspecified atom stereocenters. The second kappa shape index (κ2) is 8.06. The number of carbonyl (C=O) groups excluding carboxylic acids is 1. The highest BCUT2D eigenvalue weighted by molar-refractivity contribution is 7.99. The number of carbonyl (C=O) groups is 1. The molecule has 2 heterocycles. The number of hydrogen-bond acceptors (Lipinski definition) is 7. The third kappa shape index (κ3) is 4.31. The molecule has 4 rings (SSSR count). The van der Waals surface area contributed by atoms with E-state index in [2.05, 4.69) is 15.5 Å². The van der Waals surface area contributed by atoms with Gasteiger partial charge in [0.15, 0.2) is 9.84 Å². The largest absolute Gasteiger partial charge is 0.335 e. The first-order chi connectivity index (χ1) is 13.0. The van der Waals surface area contributed by atoms with Crippen molar-refractivity contribution >= 4 is 27.5 Å². The normalized spacial score (nSPS) is 26.0. The number of rotatable bonds is 6. The van der Waals surface area contributed by atoms with Crippen LogP contribution < -0.4 is 0 Å². The molecule has 1 atom stereocenters. The maximum absolute atomic E-state index is 13.1. The Bertz CT molecular complexity index is 769. The highest BCUT2D eigenvalue weighted by atomic mass is 32.2. The third-order valence-electron chi connectivity index (χ3n) is 6.07. The Morgan fingerprint density at radius 1 is 1.07 bits per heavy atom. The average Bonchev–Trinajstić information content (AvgIpc) is 3.41. The number of tetrazole rings is 1. The fourth-order valence-corrected chi connectivity index (χ4v) is 7.27. The SMILES string of the molecule is O=C(CSc1nnnn1C1CCCC1)N(C1CCCC1)[C@@H]1CCS(=O)(=O)C1. The van der Waals surface area contributed by atoms with E-state index < -0.39 is 9.84 Å². The Labute approximate surface area is 164 Å². The van der Waals surface area contributed by atoms with E-state index in [0.29, 0.717) is 17.6 Å². The van der Waals surface area contributed by atoms with Gasteiger partial charge in [-0.1, -0.05) is 37.4 Å². The van der Waals surface area contributed by atoms with Gasteiger partial charge < -0.3 is 4.90 Å². The molecule has 2 saturated carbocycles. The van der Waals surface area contributed by atoms with Crippen molar-refractivity contribution in [3.05, 3.63) is 0 Å². The van der Waals surface area contributed by atoms with E-state index in [9.17, 15) is 13.2 Å². The summed E-state index contributed by atoms with van der Waals surface area (Å²) in [4.78, 5) is 15.0. The zero-order chi connectivity index (χ0) is 18.9. The van der Waals surface area contributed by atoms with Crippen LogP contribution in [-0.2, 0) is 14.6 Å². The van der Waals surface area contributed by atoms with Crippen molar-refractivity contribution in [3.8, 4) is 0 Å². The zero-order valence-corrected chi connectivity index (χ0v) is 17.1. The molecule has 0 radical (unpaired) electrons. The first-order valence-electron chi connectivity index (χ1n) is 9.96. The van der Waals surface area contributed by atoms with Gasteiger partial charge >= 0.3 is 0 Å². The van der Waals surface area contributed by atoms with Gasteiger partial charge in [-0.15, -0.1) is 5.10 Å². The van der Waals surface area contributed by atoms with Crippen molar-refractivity contribution in [1.29, 1.82) is 0 Å². The average molecular weight is 414 g/mol. The molecule has 1 aromatic heterocycles. The van der Waals surface area contributed by atoms with Gasteiger partial charge in [0, 0.05) is 12.1 Å². The number of nitrogens with zero attached hydrogens (tertiary/aromatic N) is 5. The van der Waals surface area contributed by atoms with E-state index in [1.54, 1.807) is 0 Å². The second-order valence-electron chi connectivity index (χ2n) is 7.93. The minimum absolute atomic E-state index is 0.0231. The van der Waals surface area contributed by atoms with Crippen LogP contribution in [0.25, 0.3) is 0 Å². The molecule has 3 fully saturated rings. The van der Waals surface area contributed by atoms with Crippen LogP contribution in [0.2, 0.25) is 0 Å². The number of thioether (sulfide) groups is 1. The fourth-order valence-electron chi connectivity index (χ4n) is 4.74. The molecule has 10 heteroatoms. The van der Waals surface area contributed by atoms with E-state index in [-0.39, 0.29) is 35.2 Å². The molecular weight excluding hydrogens is 386 g/mol. The third-order valence-corrected chi connectivity index (χ3v) is 8.73. The highest BCUT2D eigenvalue weighted by Crippen LogP contribution is 2.33. The predicted octanol–water partition coefficient (Wildman–Crippen LogP) is 1.84. The van der Waals surface area contributed by atoms with E-state index in [4.69, 9.17) is 0 Å². The molecule has 1 amide bonds. The lowest BCUT2D eigenvalue weighted by molar-refractivity contribution is -0.132. The molecule has 1 saturated heterocycles. The van der Waals surface area contributed by atoms with Crippen LogP contribution in [0.3, 0.4) is 0 Å². The second-order valence-corrected chi connectivity index (χ2v) is 11.1. The summed E-state index contributed by atoms with van der Waals surface area (Å²) in [6.07, 6.45) is 9.30. The fraction of sp³-hybridized carbons (Fsp3) is 0.882. The maximum atomic E-state index is 13.1. The molecule has 150 valence electrons. The lowest BCUT2D eigenvalue weighted by Crippen LogP contribution is -2.47. The summed E-state index contributed by atoms with van der Waals surface area (Å²) in [5.74, 6) is 0.594. The lowest BCUT2D eigenvalue weighted by Gasteiger charge is -2.34. The summed E-state index contributed by atoms with van der Waals surface area (Å²) in [5, 5.41) is 12.7. The Balaban J connectivity index is 1.44. The summed E-state index contributed by atoms with van der Waals surface area (Å²) in [5.41, 5.74) is 0. The summed E-state index contributed by atoms with van der Waals surface area (Å²) in [6, 6.07) is 0.350. The number of sulfone groups is 1.